The maximum atomic E-state index is 10.7. The van der Waals surface area contributed by atoms with Crippen molar-refractivity contribution >= 4 is 11.5 Å². The van der Waals surface area contributed by atoms with Crippen LogP contribution in [0.25, 0.3) is 11.1 Å². The molecule has 0 atom stereocenters. The van der Waals surface area contributed by atoms with E-state index in [0.29, 0.717) is 18.0 Å². The molecule has 0 spiro atoms. The van der Waals surface area contributed by atoms with Gasteiger partial charge < -0.3 is 20.4 Å². The molecule has 0 radical (unpaired) electrons. The fourth-order valence-electron chi connectivity index (χ4n) is 4.93. The second-order valence-corrected chi connectivity index (χ2v) is 10.4. The number of amidine groups is 1. The van der Waals surface area contributed by atoms with Gasteiger partial charge in [0.1, 0.15) is 17.3 Å². The van der Waals surface area contributed by atoms with Gasteiger partial charge in [-0.05, 0) is 89.3 Å². The maximum absolute atomic E-state index is 10.7. The van der Waals surface area contributed by atoms with E-state index in [9.17, 15) is 10.2 Å². The minimum atomic E-state index is 0.0594. The first-order valence-corrected chi connectivity index (χ1v) is 11.7. The lowest BCUT2D eigenvalue weighted by atomic mass is 9.79. The minimum Gasteiger partial charge on any atom is -0.508 e. The third kappa shape index (κ3) is 6.14. The SMILES string of the molecule is CC/C(=N\N=C(/C)N(C)C1CC(C)(C)NC(C)(C)C1)c1ccc(-c2ccc(O)cc2)cc1O. The maximum Gasteiger partial charge on any atom is 0.125 e. The number of rotatable bonds is 5. The molecule has 1 heterocycles. The topological polar surface area (TPSA) is 80.5 Å². The van der Waals surface area contributed by atoms with Crippen LogP contribution in [0.4, 0.5) is 0 Å². The third-order valence-electron chi connectivity index (χ3n) is 6.39. The van der Waals surface area contributed by atoms with E-state index in [-0.39, 0.29) is 22.6 Å². The minimum absolute atomic E-state index is 0.0594. The van der Waals surface area contributed by atoms with Crippen molar-refractivity contribution in [3.63, 3.8) is 0 Å². The van der Waals surface area contributed by atoms with Crippen molar-refractivity contribution in [2.75, 3.05) is 7.05 Å². The highest BCUT2D eigenvalue weighted by atomic mass is 16.3. The lowest BCUT2D eigenvalue weighted by molar-refractivity contribution is 0.113. The van der Waals surface area contributed by atoms with Crippen LogP contribution < -0.4 is 5.32 Å². The molecule has 1 fully saturated rings. The summed E-state index contributed by atoms with van der Waals surface area (Å²) in [5.41, 5.74) is 3.34. The van der Waals surface area contributed by atoms with Crippen LogP contribution in [0.5, 0.6) is 11.5 Å². The van der Waals surface area contributed by atoms with Crippen molar-refractivity contribution in [3.8, 4) is 22.6 Å². The van der Waals surface area contributed by atoms with Gasteiger partial charge in [0.05, 0.1) is 5.71 Å². The summed E-state index contributed by atoms with van der Waals surface area (Å²) < 4.78 is 0. The number of hydrogen-bond acceptors (Lipinski definition) is 5. The predicted molar refractivity (Wildman–Crippen MR) is 137 cm³/mol. The molecule has 1 aliphatic rings. The average molecular weight is 451 g/mol. The molecule has 0 aliphatic carbocycles. The number of piperidine rings is 1. The molecular formula is C27H38N4O2. The fraction of sp³-hybridized carbons (Fsp3) is 0.481. The fourth-order valence-corrected chi connectivity index (χ4v) is 4.93. The van der Waals surface area contributed by atoms with E-state index in [4.69, 9.17) is 0 Å². The summed E-state index contributed by atoms with van der Waals surface area (Å²) in [6, 6.07) is 12.9. The Hall–Kier alpha value is -2.86. The van der Waals surface area contributed by atoms with E-state index in [1.807, 2.05) is 38.1 Å². The summed E-state index contributed by atoms with van der Waals surface area (Å²) in [6.07, 6.45) is 2.72. The highest BCUT2D eigenvalue weighted by molar-refractivity contribution is 6.03. The molecule has 0 amide bonds. The lowest BCUT2D eigenvalue weighted by Crippen LogP contribution is -2.62. The van der Waals surface area contributed by atoms with Crippen LogP contribution in [-0.2, 0) is 0 Å². The summed E-state index contributed by atoms with van der Waals surface area (Å²) in [7, 11) is 2.09. The van der Waals surface area contributed by atoms with Gasteiger partial charge in [0.25, 0.3) is 0 Å². The number of phenols is 2. The first-order valence-electron chi connectivity index (χ1n) is 11.7. The standard InChI is InChI=1S/C27H38N4O2/c1-8-24(23-14-11-20(15-25(23)33)19-9-12-22(32)13-10-19)29-28-18(2)31(7)21-16-26(3,4)30-27(5,6)17-21/h9-15,21,30,32-33H,8,16-17H2,1-7H3/b28-18+,29-24+. The molecular weight excluding hydrogens is 412 g/mol. The van der Waals surface area contributed by atoms with Gasteiger partial charge in [-0.3, -0.25) is 0 Å². The quantitative estimate of drug-likeness (QED) is 0.317. The molecule has 2 aromatic rings. The largest absolute Gasteiger partial charge is 0.508 e. The molecule has 0 unspecified atom stereocenters. The van der Waals surface area contributed by atoms with Crippen molar-refractivity contribution in [1.82, 2.24) is 10.2 Å². The van der Waals surface area contributed by atoms with Crippen molar-refractivity contribution < 1.29 is 10.2 Å². The highest BCUT2D eigenvalue weighted by Crippen LogP contribution is 2.32. The molecule has 1 aliphatic heterocycles. The molecule has 6 nitrogen and oxygen atoms in total. The first-order chi connectivity index (χ1) is 15.4. The van der Waals surface area contributed by atoms with Crippen molar-refractivity contribution in [1.29, 1.82) is 0 Å². The average Bonchev–Trinajstić information content (AvgIpc) is 2.72. The molecule has 6 heteroatoms. The van der Waals surface area contributed by atoms with Crippen molar-refractivity contribution in [2.24, 2.45) is 10.2 Å². The number of benzene rings is 2. The summed E-state index contributed by atoms with van der Waals surface area (Å²) in [6.45, 7) is 13.0. The van der Waals surface area contributed by atoms with Crippen LogP contribution in [0, 0.1) is 0 Å². The Kier molecular flexibility index (Phi) is 7.17. The summed E-state index contributed by atoms with van der Waals surface area (Å²) in [5.74, 6) is 1.25. The second-order valence-electron chi connectivity index (χ2n) is 10.4. The molecule has 2 aromatic carbocycles. The molecule has 1 saturated heterocycles. The van der Waals surface area contributed by atoms with Gasteiger partial charge in [-0.1, -0.05) is 25.1 Å². The normalized spacial score (nSPS) is 18.9. The lowest BCUT2D eigenvalue weighted by Gasteiger charge is -2.49. The molecule has 0 bridgehead atoms. The van der Waals surface area contributed by atoms with Crippen LogP contribution in [0.1, 0.15) is 66.4 Å². The monoisotopic (exact) mass is 450 g/mol. The molecule has 0 aromatic heterocycles. The Balaban J connectivity index is 1.81. The Bertz CT molecular complexity index is 1020. The molecule has 178 valence electrons. The predicted octanol–water partition coefficient (Wildman–Crippen LogP) is 5.54. The number of hydrogen-bond donors (Lipinski definition) is 3. The first kappa shape index (κ1) is 24.8. The summed E-state index contributed by atoms with van der Waals surface area (Å²) in [4.78, 5) is 2.23. The Labute approximate surface area is 198 Å². The number of aromatic hydroxyl groups is 2. The van der Waals surface area contributed by atoms with E-state index < -0.39 is 0 Å². The highest BCUT2D eigenvalue weighted by Gasteiger charge is 2.39. The summed E-state index contributed by atoms with van der Waals surface area (Å²) in [5, 5.41) is 33.0. The van der Waals surface area contributed by atoms with Gasteiger partial charge in [0.2, 0.25) is 0 Å². The Morgan fingerprint density at radius 3 is 2.09 bits per heavy atom. The van der Waals surface area contributed by atoms with Crippen LogP contribution in [-0.4, -0.2) is 50.8 Å². The zero-order valence-electron chi connectivity index (χ0n) is 21.0. The van der Waals surface area contributed by atoms with Gasteiger partial charge in [0.15, 0.2) is 0 Å². The molecule has 3 N–H and O–H groups in total. The van der Waals surface area contributed by atoms with Crippen LogP contribution in [0.15, 0.2) is 52.7 Å². The Morgan fingerprint density at radius 1 is 0.970 bits per heavy atom. The number of nitrogens with zero attached hydrogens (tertiary/aromatic N) is 3. The smallest absolute Gasteiger partial charge is 0.125 e. The molecule has 0 saturated carbocycles. The van der Waals surface area contributed by atoms with Crippen LogP contribution in [0.3, 0.4) is 0 Å². The van der Waals surface area contributed by atoms with Gasteiger partial charge >= 0.3 is 0 Å². The van der Waals surface area contributed by atoms with Crippen molar-refractivity contribution in [3.05, 3.63) is 48.0 Å². The number of nitrogens with one attached hydrogen (secondary N) is 1. The van der Waals surface area contributed by atoms with Crippen LogP contribution in [0.2, 0.25) is 0 Å². The second kappa shape index (κ2) is 9.56. The Morgan fingerprint density at radius 2 is 1.55 bits per heavy atom. The van der Waals surface area contributed by atoms with E-state index in [0.717, 1.165) is 35.5 Å². The molecule has 33 heavy (non-hydrogen) atoms. The van der Waals surface area contributed by atoms with Gasteiger partial charge in [-0.15, -0.1) is 5.10 Å². The van der Waals surface area contributed by atoms with Crippen molar-refractivity contribution in [2.45, 2.75) is 77.9 Å². The number of phenolic OH excluding ortho intramolecular Hbond substituents is 2. The van der Waals surface area contributed by atoms with Crippen LogP contribution >= 0.6 is 0 Å². The zero-order valence-corrected chi connectivity index (χ0v) is 21.0. The summed E-state index contributed by atoms with van der Waals surface area (Å²) >= 11 is 0. The van der Waals surface area contributed by atoms with E-state index in [1.165, 1.54) is 0 Å². The van der Waals surface area contributed by atoms with Gasteiger partial charge in [0, 0.05) is 29.7 Å². The van der Waals surface area contributed by atoms with E-state index >= 15 is 0 Å². The van der Waals surface area contributed by atoms with Gasteiger partial charge in [-0.2, -0.15) is 5.10 Å². The van der Waals surface area contributed by atoms with Gasteiger partial charge in [-0.25, -0.2) is 0 Å². The zero-order chi connectivity index (χ0) is 24.4. The third-order valence-corrected chi connectivity index (χ3v) is 6.39. The van der Waals surface area contributed by atoms with E-state index in [1.54, 1.807) is 18.2 Å². The van der Waals surface area contributed by atoms with E-state index in [2.05, 4.69) is 55.2 Å². The molecule has 3 rings (SSSR count).